The molecule has 1 fully saturated rings. The lowest BCUT2D eigenvalue weighted by Gasteiger charge is -2.21. The summed E-state index contributed by atoms with van der Waals surface area (Å²) < 4.78 is 0. The molecule has 0 spiro atoms. The molecule has 1 aromatic carbocycles. The first-order valence-electron chi connectivity index (χ1n) is 7.48. The Morgan fingerprint density at radius 1 is 1.33 bits per heavy atom. The molecular formula is C17H23N3O. The largest absolute Gasteiger partial charge is 0.335 e. The second-order valence-electron chi connectivity index (χ2n) is 5.49. The third kappa shape index (κ3) is 4.80. The van der Waals surface area contributed by atoms with Gasteiger partial charge in [0.25, 0.3) is 0 Å². The molecule has 1 aliphatic carbocycles. The summed E-state index contributed by atoms with van der Waals surface area (Å²) in [5, 5.41) is 3.09. The third-order valence-electron chi connectivity index (χ3n) is 3.74. The molecule has 21 heavy (non-hydrogen) atoms. The van der Waals surface area contributed by atoms with Crippen molar-refractivity contribution in [1.82, 2.24) is 10.2 Å². The summed E-state index contributed by atoms with van der Waals surface area (Å²) in [6, 6.07) is 8.28. The van der Waals surface area contributed by atoms with E-state index in [-0.39, 0.29) is 6.03 Å². The average Bonchev–Trinajstić information content (AvgIpc) is 2.99. The van der Waals surface area contributed by atoms with Crippen LogP contribution in [-0.2, 0) is 6.54 Å². The van der Waals surface area contributed by atoms with Gasteiger partial charge in [0.15, 0.2) is 0 Å². The van der Waals surface area contributed by atoms with Crippen LogP contribution in [0.3, 0.4) is 0 Å². The average molecular weight is 285 g/mol. The van der Waals surface area contributed by atoms with Crippen LogP contribution in [0.1, 0.15) is 36.8 Å². The van der Waals surface area contributed by atoms with Crippen LogP contribution < -0.4 is 11.1 Å². The Morgan fingerprint density at radius 2 is 2.00 bits per heavy atom. The van der Waals surface area contributed by atoms with E-state index < -0.39 is 0 Å². The molecular weight excluding hydrogens is 262 g/mol. The van der Waals surface area contributed by atoms with Gasteiger partial charge in [-0.05, 0) is 30.5 Å². The maximum atomic E-state index is 12.1. The van der Waals surface area contributed by atoms with Crippen molar-refractivity contribution in [3.63, 3.8) is 0 Å². The van der Waals surface area contributed by atoms with Crippen LogP contribution in [0.5, 0.6) is 0 Å². The monoisotopic (exact) mass is 285 g/mol. The quantitative estimate of drug-likeness (QED) is 0.835. The summed E-state index contributed by atoms with van der Waals surface area (Å²) >= 11 is 0. The Kier molecular flexibility index (Phi) is 5.65. The number of hydrogen-bond donors (Lipinski definition) is 2. The fourth-order valence-corrected chi connectivity index (χ4v) is 2.55. The lowest BCUT2D eigenvalue weighted by molar-refractivity contribution is 0.203. The Morgan fingerprint density at radius 3 is 2.62 bits per heavy atom. The van der Waals surface area contributed by atoms with Gasteiger partial charge in [-0.25, -0.2) is 4.79 Å². The zero-order valence-corrected chi connectivity index (χ0v) is 12.6. The van der Waals surface area contributed by atoms with E-state index in [0.29, 0.717) is 19.1 Å². The van der Waals surface area contributed by atoms with E-state index in [1.165, 1.54) is 12.8 Å². The number of benzene rings is 1. The number of rotatable bonds is 3. The fourth-order valence-electron chi connectivity index (χ4n) is 2.55. The molecule has 0 atom stereocenters. The molecule has 0 bridgehead atoms. The predicted octanol–water partition coefficient (Wildman–Crippen LogP) is 2.08. The van der Waals surface area contributed by atoms with Crippen molar-refractivity contribution in [1.29, 1.82) is 0 Å². The summed E-state index contributed by atoms with van der Waals surface area (Å²) in [5.41, 5.74) is 7.39. The zero-order chi connectivity index (χ0) is 15.1. The molecule has 0 saturated heterocycles. The molecule has 0 unspecified atom stereocenters. The van der Waals surface area contributed by atoms with Crippen molar-refractivity contribution >= 4 is 6.03 Å². The van der Waals surface area contributed by atoms with Crippen LogP contribution in [0.2, 0.25) is 0 Å². The van der Waals surface area contributed by atoms with Crippen LogP contribution in [0, 0.1) is 11.8 Å². The van der Waals surface area contributed by atoms with E-state index in [2.05, 4.69) is 17.2 Å². The fraction of sp³-hybridized carbons (Fsp3) is 0.471. The van der Waals surface area contributed by atoms with Gasteiger partial charge < -0.3 is 16.0 Å². The SMILES string of the molecule is CN(Cc1ccc(C#CCN)cc1)C(=O)NC1CCCC1. The van der Waals surface area contributed by atoms with Gasteiger partial charge in [0, 0.05) is 25.2 Å². The molecule has 0 aliphatic heterocycles. The lowest BCUT2D eigenvalue weighted by Crippen LogP contribution is -2.41. The number of nitrogens with zero attached hydrogens (tertiary/aromatic N) is 1. The van der Waals surface area contributed by atoms with Crippen molar-refractivity contribution in [3.8, 4) is 11.8 Å². The van der Waals surface area contributed by atoms with Crippen LogP contribution >= 0.6 is 0 Å². The van der Waals surface area contributed by atoms with Crippen molar-refractivity contribution < 1.29 is 4.79 Å². The van der Waals surface area contributed by atoms with Crippen molar-refractivity contribution in [2.75, 3.05) is 13.6 Å². The number of nitrogens with two attached hydrogens (primary N) is 1. The molecule has 4 nitrogen and oxygen atoms in total. The van der Waals surface area contributed by atoms with E-state index in [0.717, 1.165) is 24.0 Å². The first-order chi connectivity index (χ1) is 10.2. The molecule has 4 heteroatoms. The van der Waals surface area contributed by atoms with E-state index >= 15 is 0 Å². The minimum absolute atomic E-state index is 0.00824. The van der Waals surface area contributed by atoms with Crippen LogP contribution in [0.25, 0.3) is 0 Å². The molecule has 0 radical (unpaired) electrons. The molecule has 1 aliphatic rings. The van der Waals surface area contributed by atoms with Gasteiger partial charge in [0.2, 0.25) is 0 Å². The van der Waals surface area contributed by atoms with E-state index in [9.17, 15) is 4.79 Å². The Hall–Kier alpha value is -1.99. The highest BCUT2D eigenvalue weighted by molar-refractivity contribution is 5.74. The second-order valence-corrected chi connectivity index (χ2v) is 5.49. The van der Waals surface area contributed by atoms with Crippen LogP contribution in [-0.4, -0.2) is 30.6 Å². The molecule has 3 N–H and O–H groups in total. The molecule has 0 aromatic heterocycles. The van der Waals surface area contributed by atoms with E-state index in [1.807, 2.05) is 31.3 Å². The van der Waals surface area contributed by atoms with Gasteiger partial charge in [0.1, 0.15) is 0 Å². The molecule has 1 saturated carbocycles. The summed E-state index contributed by atoms with van der Waals surface area (Å²) in [5.74, 6) is 5.81. The molecule has 2 rings (SSSR count). The number of hydrogen-bond acceptors (Lipinski definition) is 2. The van der Waals surface area contributed by atoms with Gasteiger partial charge in [-0.1, -0.05) is 36.8 Å². The topological polar surface area (TPSA) is 58.4 Å². The number of urea groups is 1. The summed E-state index contributed by atoms with van der Waals surface area (Å²) in [6.07, 6.45) is 4.65. The minimum atomic E-state index is 0.00824. The third-order valence-corrected chi connectivity index (χ3v) is 3.74. The van der Waals surface area contributed by atoms with Gasteiger partial charge >= 0.3 is 6.03 Å². The highest BCUT2D eigenvalue weighted by Gasteiger charge is 2.18. The minimum Gasteiger partial charge on any atom is -0.335 e. The molecule has 0 heterocycles. The highest BCUT2D eigenvalue weighted by Crippen LogP contribution is 2.18. The zero-order valence-electron chi connectivity index (χ0n) is 12.6. The first-order valence-corrected chi connectivity index (χ1v) is 7.48. The van der Waals surface area contributed by atoms with E-state index in [1.54, 1.807) is 4.90 Å². The molecule has 2 amide bonds. The van der Waals surface area contributed by atoms with Crippen molar-refractivity contribution in [3.05, 3.63) is 35.4 Å². The maximum Gasteiger partial charge on any atom is 0.317 e. The number of nitrogens with one attached hydrogen (secondary N) is 1. The van der Waals surface area contributed by atoms with Crippen LogP contribution in [0.15, 0.2) is 24.3 Å². The smallest absolute Gasteiger partial charge is 0.317 e. The number of carbonyl (C=O) groups is 1. The standard InChI is InChI=1S/C17H23N3O/c1-20(17(21)19-16-6-2-3-7-16)13-15-10-8-14(9-11-15)5-4-12-18/h8-11,16H,2-3,6-7,12-13,18H2,1H3,(H,19,21). The van der Waals surface area contributed by atoms with Crippen LogP contribution in [0.4, 0.5) is 4.79 Å². The van der Waals surface area contributed by atoms with Gasteiger partial charge in [-0.3, -0.25) is 0 Å². The van der Waals surface area contributed by atoms with Gasteiger partial charge in [-0.2, -0.15) is 0 Å². The van der Waals surface area contributed by atoms with E-state index in [4.69, 9.17) is 5.73 Å². The molecule has 1 aromatic rings. The maximum absolute atomic E-state index is 12.1. The Labute approximate surface area is 126 Å². The van der Waals surface area contributed by atoms with Crippen molar-refractivity contribution in [2.24, 2.45) is 5.73 Å². The van der Waals surface area contributed by atoms with Gasteiger partial charge in [0.05, 0.1) is 6.54 Å². The van der Waals surface area contributed by atoms with Gasteiger partial charge in [-0.15, -0.1) is 0 Å². The summed E-state index contributed by atoms with van der Waals surface area (Å²) in [7, 11) is 1.83. The predicted molar refractivity (Wildman–Crippen MR) is 84.6 cm³/mol. The lowest BCUT2D eigenvalue weighted by atomic mass is 10.1. The highest BCUT2D eigenvalue weighted by atomic mass is 16.2. The summed E-state index contributed by atoms with van der Waals surface area (Å²) in [4.78, 5) is 13.8. The first kappa shape index (κ1) is 15.4. The number of amides is 2. The Bertz CT molecular complexity index is 521. The van der Waals surface area contributed by atoms with Crippen molar-refractivity contribution in [2.45, 2.75) is 38.3 Å². The molecule has 112 valence electrons. The summed E-state index contributed by atoms with van der Waals surface area (Å²) in [6.45, 7) is 0.967. The second kappa shape index (κ2) is 7.70. The Balaban J connectivity index is 1.86. The number of carbonyl (C=O) groups excluding carboxylic acids is 1. The normalized spacial score (nSPS) is 14.4.